The van der Waals surface area contributed by atoms with Crippen molar-refractivity contribution in [2.75, 3.05) is 19.7 Å². The first-order valence-electron chi connectivity index (χ1n) is 4.74. The Balaban J connectivity index is 0.00000169. The highest BCUT2D eigenvalue weighted by atomic mass is 79.9. The lowest BCUT2D eigenvalue weighted by molar-refractivity contribution is -0.145. The van der Waals surface area contributed by atoms with Crippen molar-refractivity contribution in [1.29, 1.82) is 0 Å². The molecule has 5 heteroatoms. The third-order valence-corrected chi connectivity index (χ3v) is 2.28. The lowest BCUT2D eigenvalue weighted by Crippen LogP contribution is -2.39. The van der Waals surface area contributed by atoms with Crippen LogP contribution >= 0.6 is 17.0 Å². The van der Waals surface area contributed by atoms with Crippen LogP contribution in [0, 0.1) is 5.92 Å². The van der Waals surface area contributed by atoms with E-state index in [2.05, 4.69) is 5.32 Å². The van der Waals surface area contributed by atoms with E-state index in [1.54, 1.807) is 6.92 Å². The van der Waals surface area contributed by atoms with Crippen molar-refractivity contribution in [3.05, 3.63) is 0 Å². The number of hydrogen-bond acceptors (Lipinski definition) is 3. The van der Waals surface area contributed by atoms with Gasteiger partial charge in [0.1, 0.15) is 6.17 Å². The molecule has 0 aromatic carbocycles. The third kappa shape index (κ3) is 4.37. The van der Waals surface area contributed by atoms with E-state index in [-0.39, 0.29) is 35.3 Å². The van der Waals surface area contributed by atoms with Crippen molar-refractivity contribution in [2.24, 2.45) is 5.92 Å². The molecule has 0 bridgehead atoms. The molecule has 1 N–H and O–H groups in total. The van der Waals surface area contributed by atoms with Crippen LogP contribution in [0.1, 0.15) is 19.8 Å². The highest BCUT2D eigenvalue weighted by molar-refractivity contribution is 8.93. The van der Waals surface area contributed by atoms with E-state index in [1.807, 2.05) is 0 Å². The molecule has 0 spiro atoms. The summed E-state index contributed by atoms with van der Waals surface area (Å²) < 4.78 is 17.9. The molecule has 0 amide bonds. The minimum atomic E-state index is -0.904. The molecule has 14 heavy (non-hydrogen) atoms. The molecule has 1 aliphatic heterocycles. The number of carbonyl (C=O) groups is 1. The maximum atomic E-state index is 13.2. The molecule has 1 saturated heterocycles. The molecule has 1 aliphatic rings. The van der Waals surface area contributed by atoms with Crippen molar-refractivity contribution in [1.82, 2.24) is 5.32 Å². The average Bonchev–Trinajstić information content (AvgIpc) is 2.09. The summed E-state index contributed by atoms with van der Waals surface area (Å²) in [5.41, 5.74) is 0. The number of rotatable bonds is 3. The van der Waals surface area contributed by atoms with E-state index in [4.69, 9.17) is 4.74 Å². The van der Waals surface area contributed by atoms with Gasteiger partial charge in [-0.25, -0.2) is 4.39 Å². The summed E-state index contributed by atoms with van der Waals surface area (Å²) in [4.78, 5) is 11.0. The predicted octanol–water partition coefficient (Wildman–Crippen LogP) is 1.47. The second-order valence-corrected chi connectivity index (χ2v) is 3.28. The molecule has 0 unspecified atom stereocenters. The Hall–Kier alpha value is -0.160. The highest BCUT2D eigenvalue weighted by Crippen LogP contribution is 2.19. The van der Waals surface area contributed by atoms with Gasteiger partial charge in [-0.2, -0.15) is 0 Å². The molecule has 2 atom stereocenters. The average molecular weight is 270 g/mol. The van der Waals surface area contributed by atoms with Crippen LogP contribution in [-0.4, -0.2) is 31.8 Å². The molecule has 0 aromatic heterocycles. The maximum absolute atomic E-state index is 13.2. The van der Waals surface area contributed by atoms with E-state index in [1.165, 1.54) is 0 Å². The fourth-order valence-corrected chi connectivity index (χ4v) is 1.54. The molecule has 0 aliphatic carbocycles. The van der Waals surface area contributed by atoms with Crippen LogP contribution in [0.4, 0.5) is 4.39 Å². The Morgan fingerprint density at radius 3 is 2.93 bits per heavy atom. The lowest BCUT2D eigenvalue weighted by atomic mass is 9.93. The van der Waals surface area contributed by atoms with E-state index in [9.17, 15) is 9.18 Å². The fraction of sp³-hybridized carbons (Fsp3) is 0.889. The Morgan fingerprint density at radius 1 is 1.64 bits per heavy atom. The number of ether oxygens (including phenoxy) is 1. The van der Waals surface area contributed by atoms with Gasteiger partial charge < -0.3 is 10.1 Å². The van der Waals surface area contributed by atoms with Crippen molar-refractivity contribution in [2.45, 2.75) is 25.9 Å². The van der Waals surface area contributed by atoms with Gasteiger partial charge in [-0.15, -0.1) is 17.0 Å². The molecular formula is C9H17BrFNO2. The highest BCUT2D eigenvalue weighted by Gasteiger charge is 2.26. The van der Waals surface area contributed by atoms with Crippen LogP contribution < -0.4 is 5.32 Å². The van der Waals surface area contributed by atoms with Crippen LogP contribution in [0.2, 0.25) is 0 Å². The second-order valence-electron chi connectivity index (χ2n) is 3.28. The van der Waals surface area contributed by atoms with Gasteiger partial charge in [-0.05, 0) is 19.9 Å². The van der Waals surface area contributed by atoms with E-state index >= 15 is 0 Å². The van der Waals surface area contributed by atoms with Crippen LogP contribution in [0.15, 0.2) is 0 Å². The Kier molecular flexibility index (Phi) is 7.09. The molecule has 0 aromatic rings. The zero-order valence-corrected chi connectivity index (χ0v) is 10.0. The first-order chi connectivity index (χ1) is 6.24. The van der Waals surface area contributed by atoms with Crippen LogP contribution in [0.5, 0.6) is 0 Å². The predicted molar refractivity (Wildman–Crippen MR) is 57.4 cm³/mol. The molecule has 0 radical (unpaired) electrons. The Labute approximate surface area is 94.2 Å². The summed E-state index contributed by atoms with van der Waals surface area (Å²) in [5.74, 6) is -0.433. The lowest BCUT2D eigenvalue weighted by Gasteiger charge is -2.25. The molecule has 84 valence electrons. The Morgan fingerprint density at radius 2 is 2.36 bits per heavy atom. The number of alkyl halides is 1. The zero-order chi connectivity index (χ0) is 9.68. The van der Waals surface area contributed by atoms with Gasteiger partial charge in [0, 0.05) is 12.5 Å². The monoisotopic (exact) mass is 269 g/mol. The second kappa shape index (κ2) is 7.17. The van der Waals surface area contributed by atoms with Crippen molar-refractivity contribution in [3.63, 3.8) is 0 Å². The van der Waals surface area contributed by atoms with Crippen LogP contribution in [-0.2, 0) is 9.53 Å². The third-order valence-electron chi connectivity index (χ3n) is 2.28. The van der Waals surface area contributed by atoms with Crippen molar-refractivity contribution < 1.29 is 13.9 Å². The summed E-state index contributed by atoms with van der Waals surface area (Å²) in [6.07, 6.45) is 0.0367. The van der Waals surface area contributed by atoms with Gasteiger partial charge in [0.2, 0.25) is 0 Å². The van der Waals surface area contributed by atoms with E-state index in [0.29, 0.717) is 13.2 Å². The Bertz CT molecular complexity index is 180. The standard InChI is InChI=1S/C9H16FNO2.BrH/c1-2-13-9(12)5-7-3-4-11-6-8(7)10;/h7-8,11H,2-6H2,1H3;1H/t7-,8-;/m0./s1. The molecule has 1 fully saturated rings. The van der Waals surface area contributed by atoms with Gasteiger partial charge in [-0.1, -0.05) is 0 Å². The van der Waals surface area contributed by atoms with E-state index in [0.717, 1.165) is 13.0 Å². The van der Waals surface area contributed by atoms with Gasteiger partial charge in [-0.3, -0.25) is 4.79 Å². The quantitative estimate of drug-likeness (QED) is 0.789. The topological polar surface area (TPSA) is 38.3 Å². The van der Waals surface area contributed by atoms with Gasteiger partial charge in [0.25, 0.3) is 0 Å². The number of halogens is 2. The smallest absolute Gasteiger partial charge is 0.306 e. The summed E-state index contributed by atoms with van der Waals surface area (Å²) in [7, 11) is 0. The fourth-order valence-electron chi connectivity index (χ4n) is 1.54. The largest absolute Gasteiger partial charge is 0.466 e. The molecule has 1 rings (SSSR count). The minimum Gasteiger partial charge on any atom is -0.466 e. The van der Waals surface area contributed by atoms with Gasteiger partial charge in [0.15, 0.2) is 0 Å². The molecule has 1 heterocycles. The minimum absolute atomic E-state index is 0. The van der Waals surface area contributed by atoms with Crippen molar-refractivity contribution >= 4 is 23.0 Å². The normalized spacial score (nSPS) is 26.4. The maximum Gasteiger partial charge on any atom is 0.306 e. The number of esters is 1. The van der Waals surface area contributed by atoms with Crippen molar-refractivity contribution in [3.8, 4) is 0 Å². The summed E-state index contributed by atoms with van der Waals surface area (Å²) in [5, 5.41) is 2.94. The number of hydrogen-bond donors (Lipinski definition) is 1. The summed E-state index contributed by atoms with van der Waals surface area (Å²) >= 11 is 0. The molecular weight excluding hydrogens is 253 g/mol. The first kappa shape index (κ1) is 13.8. The first-order valence-corrected chi connectivity index (χ1v) is 4.74. The van der Waals surface area contributed by atoms with E-state index < -0.39 is 6.17 Å². The number of nitrogens with one attached hydrogen (secondary N) is 1. The SMILES string of the molecule is Br.CCOC(=O)C[C@@H]1CCNC[C@@H]1F. The molecule has 3 nitrogen and oxygen atoms in total. The summed E-state index contributed by atoms with van der Waals surface area (Å²) in [6.45, 7) is 3.29. The van der Waals surface area contributed by atoms with Gasteiger partial charge in [0.05, 0.1) is 13.0 Å². The van der Waals surface area contributed by atoms with Gasteiger partial charge >= 0.3 is 5.97 Å². The molecule has 0 saturated carbocycles. The number of carbonyl (C=O) groups excluding carboxylic acids is 1. The number of piperidine rings is 1. The zero-order valence-electron chi connectivity index (χ0n) is 8.29. The summed E-state index contributed by atoms with van der Waals surface area (Å²) in [6, 6.07) is 0. The van der Waals surface area contributed by atoms with Crippen LogP contribution in [0.25, 0.3) is 0 Å². The van der Waals surface area contributed by atoms with Crippen LogP contribution in [0.3, 0.4) is 0 Å².